The van der Waals surface area contributed by atoms with E-state index in [9.17, 15) is 0 Å². The van der Waals surface area contributed by atoms with Crippen molar-refractivity contribution in [1.82, 2.24) is 9.78 Å². The Hall–Kier alpha value is -2.17. The molecule has 0 aliphatic heterocycles. The van der Waals surface area contributed by atoms with Gasteiger partial charge in [-0.05, 0) is 6.92 Å². The lowest BCUT2D eigenvalue weighted by atomic mass is 10.3. The van der Waals surface area contributed by atoms with Gasteiger partial charge in [-0.1, -0.05) is 0 Å². The summed E-state index contributed by atoms with van der Waals surface area (Å²) in [7, 11) is 3.22. The molecule has 0 saturated heterocycles. The molecule has 2 aromatic rings. The zero-order chi connectivity index (χ0) is 12.4. The van der Waals surface area contributed by atoms with E-state index in [1.165, 1.54) is 0 Å². The van der Waals surface area contributed by atoms with E-state index in [2.05, 4.69) is 5.10 Å². The SMILES string of the molecule is COc1cc(OC)cc(-n2cc(N)c(C)n2)c1. The van der Waals surface area contributed by atoms with E-state index in [4.69, 9.17) is 15.2 Å². The Morgan fingerprint density at radius 2 is 1.71 bits per heavy atom. The zero-order valence-corrected chi connectivity index (χ0v) is 10.1. The molecule has 0 amide bonds. The second-order valence-electron chi connectivity index (χ2n) is 3.69. The van der Waals surface area contributed by atoms with Gasteiger partial charge >= 0.3 is 0 Å². The third-order valence-corrected chi connectivity index (χ3v) is 2.54. The van der Waals surface area contributed by atoms with Crippen molar-refractivity contribution in [2.45, 2.75) is 6.92 Å². The third kappa shape index (κ3) is 2.18. The number of aromatic nitrogens is 2. The smallest absolute Gasteiger partial charge is 0.124 e. The van der Waals surface area contributed by atoms with E-state index in [0.29, 0.717) is 17.2 Å². The molecule has 90 valence electrons. The summed E-state index contributed by atoms with van der Waals surface area (Å²) in [5.74, 6) is 1.43. The summed E-state index contributed by atoms with van der Waals surface area (Å²) in [5, 5.41) is 4.31. The first-order valence-corrected chi connectivity index (χ1v) is 5.19. The van der Waals surface area contributed by atoms with E-state index in [1.54, 1.807) is 25.1 Å². The van der Waals surface area contributed by atoms with Gasteiger partial charge in [0, 0.05) is 18.2 Å². The minimum atomic E-state index is 0.659. The number of hydrogen-bond donors (Lipinski definition) is 1. The maximum Gasteiger partial charge on any atom is 0.124 e. The number of nitrogens with two attached hydrogens (primary N) is 1. The van der Waals surface area contributed by atoms with Crippen molar-refractivity contribution in [3.8, 4) is 17.2 Å². The standard InChI is InChI=1S/C12H15N3O2/c1-8-12(13)7-15(14-8)9-4-10(16-2)6-11(5-9)17-3/h4-7H,13H2,1-3H3. The van der Waals surface area contributed by atoms with Gasteiger partial charge in [-0.15, -0.1) is 0 Å². The van der Waals surface area contributed by atoms with E-state index >= 15 is 0 Å². The average molecular weight is 233 g/mol. The second kappa shape index (κ2) is 4.37. The van der Waals surface area contributed by atoms with Crippen LogP contribution in [0, 0.1) is 6.92 Å². The van der Waals surface area contributed by atoms with Crippen molar-refractivity contribution in [1.29, 1.82) is 0 Å². The van der Waals surface area contributed by atoms with Crippen LogP contribution in [0.4, 0.5) is 5.69 Å². The van der Waals surface area contributed by atoms with Gasteiger partial charge in [0.15, 0.2) is 0 Å². The van der Waals surface area contributed by atoms with Crippen molar-refractivity contribution >= 4 is 5.69 Å². The molecule has 0 atom stereocenters. The van der Waals surface area contributed by atoms with Crippen molar-refractivity contribution in [2.24, 2.45) is 0 Å². The molecule has 0 aliphatic rings. The number of methoxy groups -OCH3 is 2. The highest BCUT2D eigenvalue weighted by molar-refractivity contribution is 5.49. The number of ether oxygens (including phenoxy) is 2. The molecular weight excluding hydrogens is 218 g/mol. The molecule has 0 radical (unpaired) electrons. The molecule has 0 unspecified atom stereocenters. The average Bonchev–Trinajstić information content (AvgIpc) is 2.69. The van der Waals surface area contributed by atoms with Crippen LogP contribution in [0.5, 0.6) is 11.5 Å². The van der Waals surface area contributed by atoms with Crippen LogP contribution < -0.4 is 15.2 Å². The molecule has 5 nitrogen and oxygen atoms in total. The highest BCUT2D eigenvalue weighted by Gasteiger charge is 2.06. The molecule has 2 N–H and O–H groups in total. The van der Waals surface area contributed by atoms with Crippen LogP contribution in [0.1, 0.15) is 5.69 Å². The molecule has 2 rings (SSSR count). The van der Waals surface area contributed by atoms with Crippen molar-refractivity contribution in [2.75, 3.05) is 20.0 Å². The van der Waals surface area contributed by atoms with Crippen LogP contribution in [-0.2, 0) is 0 Å². The van der Waals surface area contributed by atoms with E-state index in [-0.39, 0.29) is 0 Å². The minimum absolute atomic E-state index is 0.659. The van der Waals surface area contributed by atoms with Gasteiger partial charge in [0.05, 0.1) is 37.5 Å². The first-order valence-electron chi connectivity index (χ1n) is 5.19. The Kier molecular flexibility index (Phi) is 2.91. The molecule has 1 heterocycles. The Labute approximate surface area is 99.8 Å². The summed E-state index contributed by atoms with van der Waals surface area (Å²) in [5.41, 5.74) is 8.08. The summed E-state index contributed by atoms with van der Waals surface area (Å²) in [6.07, 6.45) is 1.77. The van der Waals surface area contributed by atoms with Crippen molar-refractivity contribution in [3.05, 3.63) is 30.1 Å². The number of nitrogen functional groups attached to an aromatic ring is 1. The first-order chi connectivity index (χ1) is 8.13. The zero-order valence-electron chi connectivity index (χ0n) is 10.1. The van der Waals surface area contributed by atoms with Crippen LogP contribution in [0.3, 0.4) is 0 Å². The lowest BCUT2D eigenvalue weighted by Gasteiger charge is -2.08. The molecule has 1 aromatic heterocycles. The molecule has 0 aliphatic carbocycles. The second-order valence-corrected chi connectivity index (χ2v) is 3.69. The number of hydrogen-bond acceptors (Lipinski definition) is 4. The highest BCUT2D eigenvalue weighted by atomic mass is 16.5. The Balaban J connectivity index is 2.50. The number of aryl methyl sites for hydroxylation is 1. The molecule has 0 fully saturated rings. The van der Waals surface area contributed by atoms with Gasteiger partial charge in [-0.25, -0.2) is 4.68 Å². The molecule has 5 heteroatoms. The summed E-state index contributed by atoms with van der Waals surface area (Å²) in [6.45, 7) is 1.86. The van der Waals surface area contributed by atoms with Gasteiger partial charge in [0.2, 0.25) is 0 Å². The van der Waals surface area contributed by atoms with Crippen LogP contribution in [-0.4, -0.2) is 24.0 Å². The first kappa shape index (κ1) is 11.3. The summed E-state index contributed by atoms with van der Waals surface area (Å²) < 4.78 is 12.1. The molecule has 17 heavy (non-hydrogen) atoms. The fourth-order valence-corrected chi connectivity index (χ4v) is 1.53. The fourth-order valence-electron chi connectivity index (χ4n) is 1.53. The summed E-state index contributed by atoms with van der Waals surface area (Å²) in [4.78, 5) is 0. The van der Waals surface area contributed by atoms with Gasteiger partial charge in [0.25, 0.3) is 0 Å². The molecule has 0 bridgehead atoms. The number of nitrogens with zero attached hydrogens (tertiary/aromatic N) is 2. The summed E-state index contributed by atoms with van der Waals surface area (Å²) >= 11 is 0. The molecule has 1 aromatic carbocycles. The van der Waals surface area contributed by atoms with Gasteiger partial charge < -0.3 is 15.2 Å². The molecular formula is C12H15N3O2. The topological polar surface area (TPSA) is 62.3 Å². The van der Waals surface area contributed by atoms with Crippen LogP contribution >= 0.6 is 0 Å². The number of rotatable bonds is 3. The highest BCUT2D eigenvalue weighted by Crippen LogP contribution is 2.25. The van der Waals surface area contributed by atoms with Crippen LogP contribution in [0.25, 0.3) is 5.69 Å². The largest absolute Gasteiger partial charge is 0.497 e. The minimum Gasteiger partial charge on any atom is -0.497 e. The predicted octanol–water partition coefficient (Wildman–Crippen LogP) is 1.78. The maximum atomic E-state index is 5.77. The Morgan fingerprint density at radius 3 is 2.12 bits per heavy atom. The predicted molar refractivity (Wildman–Crippen MR) is 65.8 cm³/mol. The third-order valence-electron chi connectivity index (χ3n) is 2.54. The fraction of sp³-hybridized carbons (Fsp3) is 0.250. The van der Waals surface area contributed by atoms with E-state index in [1.807, 2.05) is 25.1 Å². The Bertz CT molecular complexity index is 493. The molecule has 0 saturated carbocycles. The Morgan fingerprint density at radius 1 is 1.12 bits per heavy atom. The lowest BCUT2D eigenvalue weighted by molar-refractivity contribution is 0.394. The van der Waals surface area contributed by atoms with Crippen molar-refractivity contribution in [3.63, 3.8) is 0 Å². The van der Waals surface area contributed by atoms with Gasteiger partial charge in [0.1, 0.15) is 11.5 Å². The van der Waals surface area contributed by atoms with E-state index in [0.717, 1.165) is 11.4 Å². The van der Waals surface area contributed by atoms with Crippen molar-refractivity contribution < 1.29 is 9.47 Å². The van der Waals surface area contributed by atoms with E-state index < -0.39 is 0 Å². The van der Waals surface area contributed by atoms with Crippen LogP contribution in [0.2, 0.25) is 0 Å². The van der Waals surface area contributed by atoms with Crippen LogP contribution in [0.15, 0.2) is 24.4 Å². The molecule has 0 spiro atoms. The normalized spacial score (nSPS) is 10.3. The summed E-state index contributed by atoms with van der Waals surface area (Å²) in [6, 6.07) is 5.55. The number of benzene rings is 1. The van der Waals surface area contributed by atoms with Gasteiger partial charge in [-0.2, -0.15) is 5.10 Å². The monoisotopic (exact) mass is 233 g/mol. The lowest BCUT2D eigenvalue weighted by Crippen LogP contribution is -1.97. The quantitative estimate of drug-likeness (QED) is 0.877. The number of anilines is 1. The maximum absolute atomic E-state index is 5.77. The van der Waals surface area contributed by atoms with Gasteiger partial charge in [-0.3, -0.25) is 0 Å².